The van der Waals surface area contributed by atoms with Gasteiger partial charge in [0.1, 0.15) is 13.8 Å². The highest BCUT2D eigenvalue weighted by molar-refractivity contribution is 9.11. The molecule has 7 aromatic rings. The van der Waals surface area contributed by atoms with Crippen molar-refractivity contribution >= 4 is 53.5 Å². The van der Waals surface area contributed by atoms with E-state index in [-0.39, 0.29) is 10.6 Å². The van der Waals surface area contributed by atoms with Gasteiger partial charge in [0.25, 0.3) is 5.69 Å². The van der Waals surface area contributed by atoms with Gasteiger partial charge in [0.15, 0.2) is 0 Å². The van der Waals surface area contributed by atoms with Crippen LogP contribution in [0.3, 0.4) is 0 Å². The zero-order valence-electron chi connectivity index (χ0n) is 36.5. The fraction of sp³-hybridized carbons (Fsp3) is 0.280. The Kier molecular flexibility index (Phi) is 16.8. The monoisotopic (exact) mass is 1070 g/mol. The fourth-order valence-electron chi connectivity index (χ4n) is 8.14. The SMILES string of the molecule is O=[N+]([O-])c1cccc(CN2CCCN(Cc3ccc(-c4cccc(Br)n4)nc3)CCN(Cc3ccc(-c4cccc(Br)n4)nc3)CCCN(Cc3ccc(-c4cccc(Br)n4)nc3)CC2)c1. The number of non-ortho nitro benzene ring substituents is 1. The molecule has 6 aromatic heterocycles. The molecule has 0 saturated carbocycles. The van der Waals surface area contributed by atoms with Crippen molar-refractivity contribution in [2.24, 2.45) is 0 Å². The predicted octanol–water partition coefficient (Wildman–Crippen LogP) is 10.4. The molecule has 1 fully saturated rings. The van der Waals surface area contributed by atoms with Gasteiger partial charge in [-0.2, -0.15) is 0 Å². The first kappa shape index (κ1) is 47.3. The normalized spacial score (nSPS) is 15.3. The molecule has 0 unspecified atom stereocenters. The lowest BCUT2D eigenvalue weighted by Gasteiger charge is -2.32. The third-order valence-electron chi connectivity index (χ3n) is 11.5. The Balaban J connectivity index is 1.02. The second-order valence-corrected chi connectivity index (χ2v) is 18.9. The second-order valence-electron chi connectivity index (χ2n) is 16.4. The van der Waals surface area contributed by atoms with Crippen LogP contribution in [0.5, 0.6) is 0 Å². The Hall–Kier alpha value is -5.20. The summed E-state index contributed by atoms with van der Waals surface area (Å²) in [5.41, 5.74) is 9.46. The van der Waals surface area contributed by atoms with Gasteiger partial charge in [-0.1, -0.05) is 48.5 Å². The first-order valence-corrected chi connectivity index (χ1v) is 24.4. The van der Waals surface area contributed by atoms with Gasteiger partial charge in [0.2, 0.25) is 0 Å². The highest BCUT2D eigenvalue weighted by atomic mass is 79.9. The standard InChI is InChI=1S/C50H50Br3N11O2/c51-48-12-2-9-45(57-48)42-18-15-38(30-54-42)34-61-23-6-24-63(36-40-17-20-44(56-32-40)47-11-4-14-50(53)59-47)28-27-62(35-39-16-19-43(55-31-39)46-10-3-13-49(52)58-46)22-5-21-60(25-26-61)33-37-7-1-8-41(29-37)64(65)66/h1-4,7-20,29-32H,5-6,21-28,33-36H2. The van der Waals surface area contributed by atoms with Crippen LogP contribution in [0.25, 0.3) is 34.2 Å². The van der Waals surface area contributed by atoms with E-state index in [0.29, 0.717) is 6.54 Å². The maximum atomic E-state index is 11.7. The Morgan fingerprint density at radius 2 is 0.773 bits per heavy atom. The molecule has 338 valence electrons. The lowest BCUT2D eigenvalue weighted by Crippen LogP contribution is -2.40. The molecule has 16 heteroatoms. The molecule has 1 aliphatic heterocycles. The number of nitrogens with zero attached hydrogens (tertiary/aromatic N) is 11. The Morgan fingerprint density at radius 1 is 0.424 bits per heavy atom. The minimum Gasteiger partial charge on any atom is -0.298 e. The summed E-state index contributed by atoms with van der Waals surface area (Å²) in [6.45, 7) is 9.76. The summed E-state index contributed by atoms with van der Waals surface area (Å²) in [4.78, 5) is 49.8. The van der Waals surface area contributed by atoms with Crippen molar-refractivity contribution in [2.45, 2.75) is 39.0 Å². The molecule has 0 bridgehead atoms. The Bertz CT molecular complexity index is 2680. The van der Waals surface area contributed by atoms with E-state index in [9.17, 15) is 10.1 Å². The average molecular weight is 1080 g/mol. The van der Waals surface area contributed by atoms with Crippen molar-refractivity contribution in [3.63, 3.8) is 0 Å². The zero-order chi connectivity index (χ0) is 45.7. The number of nitro benzene ring substituents is 1. The number of halogens is 3. The number of pyridine rings is 6. The van der Waals surface area contributed by atoms with Crippen LogP contribution in [0.15, 0.2) is 148 Å². The summed E-state index contributed by atoms with van der Waals surface area (Å²) >= 11 is 10.5. The molecular formula is C50H50Br3N11O2. The first-order chi connectivity index (χ1) is 32.2. The number of benzene rings is 1. The van der Waals surface area contributed by atoms with E-state index >= 15 is 0 Å². The summed E-state index contributed by atoms with van der Waals surface area (Å²) in [7, 11) is 0. The highest BCUT2D eigenvalue weighted by Gasteiger charge is 2.18. The Labute approximate surface area is 410 Å². The molecule has 8 rings (SSSR count). The maximum Gasteiger partial charge on any atom is 0.269 e. The van der Waals surface area contributed by atoms with Gasteiger partial charge in [-0.05, 0) is 164 Å². The summed E-state index contributed by atoms with van der Waals surface area (Å²) < 4.78 is 2.33. The van der Waals surface area contributed by atoms with E-state index < -0.39 is 0 Å². The van der Waals surface area contributed by atoms with Gasteiger partial charge in [0, 0.05) is 83.1 Å². The summed E-state index contributed by atoms with van der Waals surface area (Å²) in [5, 5.41) is 11.7. The minimum atomic E-state index is -0.315. The third-order valence-corrected chi connectivity index (χ3v) is 12.8. The quantitative estimate of drug-likeness (QED) is 0.0655. The predicted molar refractivity (Wildman–Crippen MR) is 269 cm³/mol. The van der Waals surface area contributed by atoms with Crippen molar-refractivity contribution in [1.82, 2.24) is 49.5 Å². The molecule has 1 saturated heterocycles. The van der Waals surface area contributed by atoms with Crippen LogP contribution >= 0.6 is 47.8 Å². The molecule has 0 aliphatic carbocycles. The average Bonchev–Trinajstić information content (AvgIpc) is 3.32. The van der Waals surface area contributed by atoms with Gasteiger partial charge < -0.3 is 0 Å². The zero-order valence-corrected chi connectivity index (χ0v) is 41.2. The number of hydrogen-bond acceptors (Lipinski definition) is 12. The maximum absolute atomic E-state index is 11.7. The Morgan fingerprint density at radius 3 is 1.09 bits per heavy atom. The molecule has 1 aromatic carbocycles. The van der Waals surface area contributed by atoms with Gasteiger partial charge in [-0.25, -0.2) is 15.0 Å². The van der Waals surface area contributed by atoms with E-state index in [0.717, 1.165) is 155 Å². The second kappa shape index (κ2) is 23.5. The molecule has 0 atom stereocenters. The molecule has 13 nitrogen and oxygen atoms in total. The molecule has 66 heavy (non-hydrogen) atoms. The van der Waals surface area contributed by atoms with Crippen molar-refractivity contribution in [1.29, 1.82) is 0 Å². The molecule has 0 spiro atoms. The van der Waals surface area contributed by atoms with E-state index in [2.05, 4.69) is 113 Å². The van der Waals surface area contributed by atoms with E-state index in [1.165, 1.54) is 0 Å². The highest BCUT2D eigenvalue weighted by Crippen LogP contribution is 2.22. The van der Waals surface area contributed by atoms with Crippen molar-refractivity contribution < 1.29 is 4.92 Å². The van der Waals surface area contributed by atoms with Gasteiger partial charge in [-0.15, -0.1) is 0 Å². The topological polar surface area (TPSA) is 133 Å². The van der Waals surface area contributed by atoms with Crippen LogP contribution in [0.2, 0.25) is 0 Å². The lowest BCUT2D eigenvalue weighted by molar-refractivity contribution is -0.384. The fourth-order valence-corrected chi connectivity index (χ4v) is 9.17. The molecular weight excluding hydrogens is 1030 g/mol. The number of nitro groups is 1. The lowest BCUT2D eigenvalue weighted by atomic mass is 10.1. The van der Waals surface area contributed by atoms with Crippen LogP contribution in [-0.4, -0.2) is 107 Å². The van der Waals surface area contributed by atoms with E-state index in [4.69, 9.17) is 15.0 Å². The van der Waals surface area contributed by atoms with Crippen molar-refractivity contribution in [3.05, 3.63) is 180 Å². The van der Waals surface area contributed by atoms with Gasteiger partial charge in [0.05, 0.1) is 39.1 Å². The largest absolute Gasteiger partial charge is 0.298 e. The van der Waals surface area contributed by atoms with E-state index in [1.54, 1.807) is 18.2 Å². The van der Waals surface area contributed by atoms with Crippen LogP contribution in [0.4, 0.5) is 5.69 Å². The molecule has 0 N–H and O–H groups in total. The van der Waals surface area contributed by atoms with Gasteiger partial charge in [-0.3, -0.25) is 44.7 Å². The van der Waals surface area contributed by atoms with Crippen LogP contribution in [0, 0.1) is 10.1 Å². The molecule has 1 aliphatic rings. The first-order valence-electron chi connectivity index (χ1n) is 22.1. The number of hydrogen-bond donors (Lipinski definition) is 0. The summed E-state index contributed by atoms with van der Waals surface area (Å²) in [6.07, 6.45) is 7.80. The third kappa shape index (κ3) is 13.9. The minimum absolute atomic E-state index is 0.115. The smallest absolute Gasteiger partial charge is 0.269 e. The van der Waals surface area contributed by atoms with Gasteiger partial charge >= 0.3 is 0 Å². The summed E-state index contributed by atoms with van der Waals surface area (Å²) in [6, 6.07) is 37.3. The number of rotatable bonds is 12. The molecule has 0 amide bonds. The van der Waals surface area contributed by atoms with Crippen molar-refractivity contribution in [3.8, 4) is 34.2 Å². The summed E-state index contributed by atoms with van der Waals surface area (Å²) in [5.74, 6) is 0. The van der Waals surface area contributed by atoms with Crippen LogP contribution in [-0.2, 0) is 26.2 Å². The van der Waals surface area contributed by atoms with Crippen molar-refractivity contribution in [2.75, 3.05) is 52.4 Å². The number of aromatic nitrogens is 6. The van der Waals surface area contributed by atoms with Crippen LogP contribution in [0.1, 0.15) is 35.1 Å². The molecule has 0 radical (unpaired) electrons. The molecule has 7 heterocycles. The van der Waals surface area contributed by atoms with Crippen LogP contribution < -0.4 is 0 Å². The van der Waals surface area contributed by atoms with E-state index in [1.807, 2.05) is 85.3 Å².